The van der Waals surface area contributed by atoms with Crippen LogP contribution in [0.25, 0.3) is 0 Å². The van der Waals surface area contributed by atoms with Crippen molar-refractivity contribution in [1.82, 2.24) is 4.72 Å². The summed E-state index contributed by atoms with van der Waals surface area (Å²) in [5.41, 5.74) is 0.0613. The summed E-state index contributed by atoms with van der Waals surface area (Å²) in [6.07, 6.45) is -6.91. The maximum Gasteiger partial charge on any atom is 0.416 e. The SMILES string of the molecule is CC1CCC(C(C)NS(=O)c2ccc(Cl)s2)Cc2ccc(CC(=O)CCc3cc(C(F)(F)F)ccc3C(F)(F)F)cc2C1. The van der Waals surface area contributed by atoms with Gasteiger partial charge in [0.15, 0.2) is 0 Å². The Morgan fingerprint density at radius 3 is 2.40 bits per heavy atom. The van der Waals surface area contributed by atoms with Crippen LogP contribution >= 0.6 is 22.9 Å². The fourth-order valence-corrected chi connectivity index (χ4v) is 8.00. The van der Waals surface area contributed by atoms with Crippen LogP contribution in [0.1, 0.15) is 66.5 Å². The molecule has 2 aromatic carbocycles. The van der Waals surface area contributed by atoms with Crippen LogP contribution in [0.2, 0.25) is 4.34 Å². The van der Waals surface area contributed by atoms with Gasteiger partial charge in [0.25, 0.3) is 0 Å². The molecule has 1 aromatic heterocycles. The molecule has 4 unspecified atom stereocenters. The first-order chi connectivity index (χ1) is 20.1. The standard InChI is InChI=1S/C31H32ClF6NO2S2/c1-18-3-5-21(19(2)39-43(41)29-12-11-28(32)42-29)16-22-6-4-20(14-24(22)13-18)15-26(40)9-7-23-17-25(30(33,34)35)8-10-27(23)31(36,37)38/h4,6,8,10-12,14,17-19,21,39H,3,5,7,9,13,15-16H2,1-2H3. The lowest BCUT2D eigenvalue weighted by molar-refractivity contribution is -0.141. The van der Waals surface area contributed by atoms with Crippen molar-refractivity contribution < 1.29 is 35.3 Å². The largest absolute Gasteiger partial charge is 0.416 e. The van der Waals surface area contributed by atoms with Gasteiger partial charge in [0.1, 0.15) is 21.0 Å². The highest BCUT2D eigenvalue weighted by molar-refractivity contribution is 7.85. The van der Waals surface area contributed by atoms with Gasteiger partial charge >= 0.3 is 12.4 Å². The lowest BCUT2D eigenvalue weighted by Crippen LogP contribution is -2.36. The van der Waals surface area contributed by atoms with E-state index in [1.807, 2.05) is 25.1 Å². The van der Waals surface area contributed by atoms with Crippen molar-refractivity contribution in [2.24, 2.45) is 11.8 Å². The normalized spacial score (nSPS) is 19.3. The Kier molecular flexibility index (Phi) is 10.8. The lowest BCUT2D eigenvalue weighted by atomic mass is 9.79. The average Bonchev–Trinajstić information content (AvgIpc) is 3.35. The molecule has 0 saturated carbocycles. The van der Waals surface area contributed by atoms with E-state index in [0.717, 1.165) is 42.4 Å². The molecular formula is C31H32ClF6NO2S2. The number of fused-ring (bicyclic) bond motifs is 1. The predicted octanol–water partition coefficient (Wildman–Crippen LogP) is 9.02. The molecule has 12 heteroatoms. The molecule has 0 spiro atoms. The summed E-state index contributed by atoms with van der Waals surface area (Å²) >= 11 is 7.26. The van der Waals surface area contributed by atoms with Crippen molar-refractivity contribution in [3.63, 3.8) is 0 Å². The Morgan fingerprint density at radius 2 is 1.74 bits per heavy atom. The highest BCUT2D eigenvalue weighted by atomic mass is 35.5. The van der Waals surface area contributed by atoms with Crippen molar-refractivity contribution in [3.05, 3.63) is 86.2 Å². The first-order valence-corrected chi connectivity index (χ1v) is 16.3. The molecule has 3 aromatic rings. The van der Waals surface area contributed by atoms with Gasteiger partial charge in [-0.25, -0.2) is 8.93 Å². The van der Waals surface area contributed by atoms with Crippen molar-refractivity contribution in [3.8, 4) is 0 Å². The van der Waals surface area contributed by atoms with Crippen LogP contribution in [0, 0.1) is 11.8 Å². The number of hydrogen-bond donors (Lipinski definition) is 1. The van der Waals surface area contributed by atoms with Crippen LogP contribution in [-0.2, 0) is 53.8 Å². The third kappa shape index (κ3) is 9.15. The molecule has 1 aliphatic carbocycles. The zero-order valence-electron chi connectivity index (χ0n) is 23.6. The number of ketones is 1. The van der Waals surface area contributed by atoms with E-state index >= 15 is 0 Å². The summed E-state index contributed by atoms with van der Waals surface area (Å²) in [5.74, 6) is 0.225. The molecule has 0 radical (unpaired) electrons. The van der Waals surface area contributed by atoms with Crippen molar-refractivity contribution in [2.75, 3.05) is 0 Å². The molecular weight excluding hydrogens is 632 g/mol. The number of carbonyl (C=O) groups excluding carboxylic acids is 1. The van der Waals surface area contributed by atoms with Crippen LogP contribution in [0.4, 0.5) is 26.3 Å². The minimum atomic E-state index is -4.83. The van der Waals surface area contributed by atoms with Gasteiger partial charge in [0.05, 0.1) is 15.5 Å². The first kappa shape index (κ1) is 33.7. The monoisotopic (exact) mass is 663 g/mol. The van der Waals surface area contributed by atoms with E-state index in [4.69, 9.17) is 11.6 Å². The van der Waals surface area contributed by atoms with E-state index in [1.165, 1.54) is 11.3 Å². The number of thiophene rings is 1. The van der Waals surface area contributed by atoms with Gasteiger partial charge in [0, 0.05) is 18.9 Å². The molecule has 0 amide bonds. The second-order valence-corrected chi connectivity index (χ2v) is 14.5. The average molecular weight is 664 g/mol. The Labute approximate surface area is 258 Å². The fourth-order valence-electron chi connectivity index (χ4n) is 5.53. The van der Waals surface area contributed by atoms with Crippen LogP contribution in [0.15, 0.2) is 52.7 Å². The summed E-state index contributed by atoms with van der Waals surface area (Å²) in [6.45, 7) is 4.17. The molecule has 0 aliphatic heterocycles. The predicted molar refractivity (Wildman–Crippen MR) is 158 cm³/mol. The maximum atomic E-state index is 13.4. The molecule has 4 atom stereocenters. The summed E-state index contributed by atoms with van der Waals surface area (Å²) in [6, 6.07) is 10.5. The Hall–Kier alpha value is -2.21. The molecule has 1 N–H and O–H groups in total. The number of carbonyl (C=O) groups is 1. The van der Waals surface area contributed by atoms with Crippen molar-refractivity contribution in [1.29, 1.82) is 0 Å². The van der Waals surface area contributed by atoms with E-state index in [1.54, 1.807) is 12.1 Å². The maximum absolute atomic E-state index is 13.4. The first-order valence-electron chi connectivity index (χ1n) is 13.9. The van der Waals surface area contributed by atoms with E-state index in [2.05, 4.69) is 11.6 Å². The van der Waals surface area contributed by atoms with E-state index in [-0.39, 0.29) is 30.6 Å². The molecule has 0 bridgehead atoms. The number of Topliss-reactive ketones (excluding diaryl/α,β-unsaturated/α-hetero) is 1. The van der Waals surface area contributed by atoms with Gasteiger partial charge in [-0.2, -0.15) is 26.3 Å². The third-order valence-electron chi connectivity index (χ3n) is 7.90. The number of benzene rings is 2. The number of halogens is 7. The van der Waals surface area contributed by atoms with Crippen LogP contribution in [0.3, 0.4) is 0 Å². The number of aryl methyl sites for hydroxylation is 1. The topological polar surface area (TPSA) is 46.2 Å². The van der Waals surface area contributed by atoms with Gasteiger partial charge < -0.3 is 0 Å². The van der Waals surface area contributed by atoms with Crippen LogP contribution in [0.5, 0.6) is 0 Å². The lowest BCUT2D eigenvalue weighted by Gasteiger charge is -2.29. The smallest absolute Gasteiger partial charge is 0.299 e. The fraction of sp³-hybridized carbons (Fsp3) is 0.452. The van der Waals surface area contributed by atoms with Gasteiger partial charge in [-0.05, 0) is 97.0 Å². The zero-order valence-corrected chi connectivity index (χ0v) is 26.0. The summed E-state index contributed by atoms with van der Waals surface area (Å²) < 4.78 is 96.9. The summed E-state index contributed by atoms with van der Waals surface area (Å²) in [7, 11) is -1.38. The molecule has 0 saturated heterocycles. The Morgan fingerprint density at radius 1 is 1.00 bits per heavy atom. The number of alkyl halides is 6. The van der Waals surface area contributed by atoms with Crippen molar-refractivity contribution in [2.45, 2.75) is 81.4 Å². The van der Waals surface area contributed by atoms with E-state index in [9.17, 15) is 35.3 Å². The summed E-state index contributed by atoms with van der Waals surface area (Å²) in [4.78, 5) is 12.8. The summed E-state index contributed by atoms with van der Waals surface area (Å²) in [5, 5.41) is 0. The zero-order chi connectivity index (χ0) is 31.5. The third-order valence-corrected chi connectivity index (χ3v) is 10.7. The second-order valence-electron chi connectivity index (χ2n) is 11.3. The molecule has 0 fully saturated rings. The number of hydrogen-bond acceptors (Lipinski definition) is 3. The number of nitrogens with one attached hydrogen (secondary N) is 1. The van der Waals surface area contributed by atoms with Crippen LogP contribution in [-0.4, -0.2) is 16.0 Å². The molecule has 43 heavy (non-hydrogen) atoms. The van der Waals surface area contributed by atoms with Crippen molar-refractivity contribution >= 4 is 39.7 Å². The molecule has 4 rings (SSSR count). The minimum Gasteiger partial charge on any atom is -0.299 e. The second kappa shape index (κ2) is 13.8. The van der Waals surface area contributed by atoms with E-state index in [0.29, 0.717) is 32.7 Å². The highest BCUT2D eigenvalue weighted by Gasteiger charge is 2.37. The Balaban J connectivity index is 1.44. The quantitative estimate of drug-likeness (QED) is 0.232. The minimum absolute atomic E-state index is 0.0221. The Bertz CT molecular complexity index is 1470. The highest BCUT2D eigenvalue weighted by Crippen LogP contribution is 2.37. The number of rotatable bonds is 9. The van der Waals surface area contributed by atoms with E-state index < -0.39 is 46.4 Å². The molecule has 3 nitrogen and oxygen atoms in total. The van der Waals surface area contributed by atoms with Crippen LogP contribution < -0.4 is 4.72 Å². The van der Waals surface area contributed by atoms with Gasteiger partial charge in [-0.1, -0.05) is 43.1 Å². The molecule has 1 heterocycles. The van der Waals surface area contributed by atoms with Gasteiger partial charge in [-0.3, -0.25) is 4.79 Å². The molecule has 234 valence electrons. The van der Waals surface area contributed by atoms with Gasteiger partial charge in [0.2, 0.25) is 0 Å². The molecule has 1 aliphatic rings. The van der Waals surface area contributed by atoms with Gasteiger partial charge in [-0.15, -0.1) is 11.3 Å².